The summed E-state index contributed by atoms with van der Waals surface area (Å²) in [6, 6.07) is -4.66. The van der Waals surface area contributed by atoms with E-state index < -0.39 is 254 Å². The zero-order valence-electron chi connectivity index (χ0n) is 71.2. The monoisotopic (exact) mass is 1730 g/mol. The summed E-state index contributed by atoms with van der Waals surface area (Å²) in [6.07, 6.45) is -9.23. The lowest BCUT2D eigenvalue weighted by molar-refractivity contribution is -0.387. The van der Waals surface area contributed by atoms with Crippen LogP contribution in [0.4, 0.5) is 0 Å². The molecule has 702 valence electrons. The van der Waals surface area contributed by atoms with Crippen molar-refractivity contribution in [3.8, 4) is 0 Å². The van der Waals surface area contributed by atoms with Crippen molar-refractivity contribution < 1.29 is 163 Å². The second-order valence-electron chi connectivity index (χ2n) is 33.5. The highest BCUT2D eigenvalue weighted by atomic mass is 16.8. The van der Waals surface area contributed by atoms with Crippen molar-refractivity contribution in [1.29, 1.82) is 0 Å². The van der Waals surface area contributed by atoms with E-state index in [0.717, 1.165) is 65.2 Å². The average molecular weight is 1730 g/mol. The van der Waals surface area contributed by atoms with E-state index in [-0.39, 0.29) is 12.3 Å². The summed E-state index contributed by atoms with van der Waals surface area (Å²) in [5.74, 6) is -2.04. The predicted molar refractivity (Wildman–Crippen MR) is 431 cm³/mol. The van der Waals surface area contributed by atoms with Gasteiger partial charge in [-0.1, -0.05) is 231 Å². The number of carbonyl (C=O) groups excluding carboxylic acids is 3. The number of hydrogen-bond acceptors (Lipinski definition) is 33. The fraction of sp³-hybridized carbons (Fsp3) is 0.940. The molecule has 6 fully saturated rings. The van der Waals surface area contributed by atoms with Gasteiger partial charge in [-0.2, -0.15) is 0 Å². The summed E-state index contributed by atoms with van der Waals surface area (Å²) < 4.78 is 70.9. The van der Waals surface area contributed by atoms with Crippen LogP contribution in [-0.4, -0.2) is 352 Å². The van der Waals surface area contributed by atoms with Crippen molar-refractivity contribution >= 4 is 17.7 Å². The first kappa shape index (κ1) is 106. The maximum absolute atomic E-state index is 13.6. The molecule has 120 heavy (non-hydrogen) atoms. The van der Waals surface area contributed by atoms with E-state index in [2.05, 4.69) is 29.8 Å². The van der Waals surface area contributed by atoms with Crippen LogP contribution in [0.25, 0.3) is 0 Å². The molecule has 36 nitrogen and oxygen atoms in total. The summed E-state index contributed by atoms with van der Waals surface area (Å²) in [5.41, 5.74) is 0. The van der Waals surface area contributed by atoms with Crippen LogP contribution in [0.2, 0.25) is 0 Å². The van der Waals surface area contributed by atoms with Crippen molar-refractivity contribution in [3.63, 3.8) is 0 Å². The number of ether oxygens (including phenoxy) is 12. The lowest BCUT2D eigenvalue weighted by Gasteiger charge is -2.51. The lowest BCUT2D eigenvalue weighted by atomic mass is 9.93. The highest BCUT2D eigenvalue weighted by molar-refractivity contribution is 5.76. The summed E-state index contributed by atoms with van der Waals surface area (Å²) in [7, 11) is 0. The molecule has 0 saturated carbocycles. The zero-order chi connectivity index (χ0) is 87.6. The van der Waals surface area contributed by atoms with E-state index in [9.17, 15) is 106 Å². The van der Waals surface area contributed by atoms with Crippen LogP contribution >= 0.6 is 0 Å². The normalized spacial score (nSPS) is 35.5. The van der Waals surface area contributed by atoms with E-state index in [4.69, 9.17) is 56.8 Å². The number of aliphatic hydroxyl groups is 18. The molecule has 0 aromatic heterocycles. The maximum Gasteiger partial charge on any atom is 0.220 e. The van der Waals surface area contributed by atoms with Gasteiger partial charge in [0.25, 0.3) is 0 Å². The van der Waals surface area contributed by atoms with Crippen molar-refractivity contribution in [3.05, 3.63) is 12.2 Å². The molecule has 0 aromatic carbocycles. The molecule has 6 saturated heterocycles. The Morgan fingerprint density at radius 1 is 0.325 bits per heavy atom. The number of nitrogens with one attached hydrogen (secondary N) is 3. The van der Waals surface area contributed by atoms with Gasteiger partial charge in [0.05, 0.1) is 58.4 Å². The van der Waals surface area contributed by atoms with Gasteiger partial charge in [-0.05, 0) is 19.3 Å². The van der Waals surface area contributed by atoms with Crippen LogP contribution in [0.1, 0.15) is 259 Å². The molecular weight excluding hydrogens is 1580 g/mol. The third-order valence-corrected chi connectivity index (χ3v) is 23.7. The van der Waals surface area contributed by atoms with Crippen LogP contribution in [0.3, 0.4) is 0 Å². The number of aliphatic hydroxyl groups excluding tert-OH is 18. The molecule has 6 aliphatic rings. The molecule has 32 atom stereocenters. The minimum Gasteiger partial charge on any atom is -0.394 e. The van der Waals surface area contributed by atoms with Crippen molar-refractivity contribution in [2.45, 2.75) is 455 Å². The molecule has 12 unspecified atom stereocenters. The van der Waals surface area contributed by atoms with Gasteiger partial charge in [-0.25, -0.2) is 0 Å². The van der Waals surface area contributed by atoms with Crippen molar-refractivity contribution in [2.75, 3.05) is 46.2 Å². The molecular formula is C84H153N3O33. The van der Waals surface area contributed by atoms with Crippen LogP contribution in [0.15, 0.2) is 12.2 Å². The molecule has 0 aliphatic carbocycles. The van der Waals surface area contributed by atoms with Gasteiger partial charge >= 0.3 is 0 Å². The lowest BCUT2D eigenvalue weighted by Crippen LogP contribution is -2.70. The van der Waals surface area contributed by atoms with E-state index in [0.29, 0.717) is 12.8 Å². The Balaban J connectivity index is 1.05. The van der Waals surface area contributed by atoms with Crippen LogP contribution in [0, 0.1) is 0 Å². The SMILES string of the molecule is CCCCCCCCCCCCC/C=C/[C@@H](O)[C@H](CO[C@@H]1OC(CO)[C@@H](O[C@@H]2OC(CO)[C@H](O)[C@H](O[C@@H]3OC(CO)[C@@H](O[C@@H]4OC(CO)[C@H](O)[C@H](O[C@H]5OC(CO)[C@@H](O[C@@H]6OC(CO)[C@H](O)[C@H](O)C6O)[C@H](O)C5NC(C)=O)C4O)[C@H](O)C3NC(C)=O)C2O)[C@H](O)C1O)NC(=O)CCCCCCCCCCCCCCCCCCCCCCCCC. The van der Waals surface area contributed by atoms with Gasteiger partial charge in [0.2, 0.25) is 17.7 Å². The quantitative estimate of drug-likeness (QED) is 0.0294. The minimum atomic E-state index is -2.24. The van der Waals surface area contributed by atoms with Crippen LogP contribution in [-0.2, 0) is 71.2 Å². The Kier molecular flexibility index (Phi) is 51.5. The summed E-state index contributed by atoms with van der Waals surface area (Å²) >= 11 is 0. The second-order valence-corrected chi connectivity index (χ2v) is 33.5. The molecule has 21 N–H and O–H groups in total. The Morgan fingerprint density at radius 2 is 0.617 bits per heavy atom. The number of carbonyl (C=O) groups is 3. The zero-order valence-corrected chi connectivity index (χ0v) is 71.2. The molecule has 6 rings (SSSR count). The van der Waals surface area contributed by atoms with Gasteiger partial charge in [-0.3, -0.25) is 14.4 Å². The van der Waals surface area contributed by atoms with Crippen LogP contribution in [0.5, 0.6) is 0 Å². The Bertz CT molecular complexity index is 2740. The first-order valence-electron chi connectivity index (χ1n) is 45.0. The summed E-state index contributed by atoms with van der Waals surface area (Å²) in [6.45, 7) is 0.123. The topological polar surface area (TPSA) is 562 Å². The van der Waals surface area contributed by atoms with Gasteiger partial charge in [0.15, 0.2) is 37.7 Å². The number of allylic oxidation sites excluding steroid dienone is 1. The number of unbranched alkanes of at least 4 members (excludes halogenated alkanes) is 33. The highest BCUT2D eigenvalue weighted by Crippen LogP contribution is 2.38. The molecule has 0 spiro atoms. The van der Waals surface area contributed by atoms with Crippen LogP contribution < -0.4 is 16.0 Å². The Morgan fingerprint density at radius 3 is 0.967 bits per heavy atom. The standard InChI is InChI=1S/C84H153N3O33/c1-5-7-9-11-13-15-17-19-20-21-22-23-24-25-26-27-28-30-32-34-36-38-40-42-60(97)87-52(53(96)41-39-37-35-33-31-29-18-16-14-12-10-8-6-2)49-109-81-71(106)69(104)76(59(48-93)115-81)118-84-73(108)78(65(100)56(45-90)112-84)120-80-62(86-51(4)95)67(102)75(58(47-92)114-80)117-83-72(107)77(64(99)55(44-89)111-83)119-79-61(85-50(3)94)66(101)74(57(46-91)113-79)116-82-70(105)68(103)63(98)54(43-88)110-82/h39,41,52-59,61-84,88-93,96,98-108H,5-38,40,42-49H2,1-4H3,(H,85,94)(H,86,95)(H,87,97)/b41-39+/t52-,53+,54?,55?,56?,57?,58?,59?,61?,62?,63-,64-,65-,66+,67+,68-,69+,70?,71?,72?,73?,74+,75+,76+,77-,78-,79+,80-,81+,82-,83-,84-/m0/s1. The van der Waals surface area contributed by atoms with Gasteiger partial charge < -0.3 is 165 Å². The fourth-order valence-corrected chi connectivity index (χ4v) is 16.5. The fourth-order valence-electron chi connectivity index (χ4n) is 16.5. The second kappa shape index (κ2) is 58.4. The number of hydrogen-bond donors (Lipinski definition) is 21. The largest absolute Gasteiger partial charge is 0.394 e. The third kappa shape index (κ3) is 33.9. The van der Waals surface area contributed by atoms with E-state index in [1.807, 2.05) is 6.08 Å². The Hall–Kier alpha value is -3.05. The maximum atomic E-state index is 13.6. The van der Waals surface area contributed by atoms with Gasteiger partial charge in [-0.15, -0.1) is 0 Å². The molecule has 6 aliphatic heterocycles. The van der Waals surface area contributed by atoms with Crippen molar-refractivity contribution in [1.82, 2.24) is 16.0 Å². The van der Waals surface area contributed by atoms with E-state index in [1.54, 1.807) is 6.08 Å². The molecule has 6 heterocycles. The minimum absolute atomic E-state index is 0.177. The smallest absolute Gasteiger partial charge is 0.220 e. The van der Waals surface area contributed by atoms with Gasteiger partial charge in [0, 0.05) is 20.3 Å². The Labute approximate surface area is 707 Å². The average Bonchev–Trinajstić information content (AvgIpc) is 0.766. The first-order valence-corrected chi connectivity index (χ1v) is 45.0. The number of amides is 3. The van der Waals surface area contributed by atoms with E-state index in [1.165, 1.54) is 161 Å². The van der Waals surface area contributed by atoms with Crippen molar-refractivity contribution in [2.24, 2.45) is 0 Å². The third-order valence-electron chi connectivity index (χ3n) is 23.7. The molecule has 0 radical (unpaired) electrons. The predicted octanol–water partition coefficient (Wildman–Crippen LogP) is 0.697. The molecule has 0 aromatic rings. The highest BCUT2D eigenvalue weighted by Gasteiger charge is 2.59. The van der Waals surface area contributed by atoms with Gasteiger partial charge in [0.1, 0.15) is 146 Å². The summed E-state index contributed by atoms with van der Waals surface area (Å²) in [5, 5.41) is 208. The molecule has 36 heteroatoms. The molecule has 3 amide bonds. The summed E-state index contributed by atoms with van der Waals surface area (Å²) in [4.78, 5) is 39.2. The first-order chi connectivity index (χ1) is 57.8. The number of rotatable bonds is 60. The van der Waals surface area contributed by atoms with E-state index >= 15 is 0 Å². The molecule has 0 bridgehead atoms.